The molecule has 0 rings (SSSR count). The minimum absolute atomic E-state index is 0. The van der Waals surface area contributed by atoms with E-state index in [9.17, 15) is 0 Å². The summed E-state index contributed by atoms with van der Waals surface area (Å²) in [4.78, 5) is 0. The maximum atomic E-state index is 2.34. The molecule has 0 aromatic heterocycles. The van der Waals surface area contributed by atoms with Crippen molar-refractivity contribution in [3.8, 4) is 0 Å². The van der Waals surface area contributed by atoms with Gasteiger partial charge in [0, 0.05) is 0 Å². The highest BCUT2D eigenvalue weighted by Gasteiger charge is 2.18. The quantitative estimate of drug-likeness (QED) is 0.648. The second-order valence-corrected chi connectivity index (χ2v) is 4.06. The minimum Gasteiger partial charge on any atom is -0.344 e. The first-order valence-corrected chi connectivity index (χ1v) is 3.98. The van der Waals surface area contributed by atoms with E-state index in [-0.39, 0.29) is 12.3 Å². The molecule has 0 aliphatic heterocycles. The lowest BCUT2D eigenvalue weighted by molar-refractivity contribution is 0.245. The molecule has 0 aliphatic carbocycles. The van der Waals surface area contributed by atoms with Gasteiger partial charge in [-0.3, -0.25) is 0 Å². The van der Waals surface area contributed by atoms with Crippen molar-refractivity contribution in [1.82, 2.24) is 12.3 Å². The van der Waals surface area contributed by atoms with Crippen molar-refractivity contribution in [3.05, 3.63) is 0 Å². The second kappa shape index (κ2) is 6.62. The van der Waals surface area contributed by atoms with Gasteiger partial charge in [0.15, 0.2) is 0 Å². The van der Waals surface area contributed by atoms with E-state index >= 15 is 0 Å². The summed E-state index contributed by atoms with van der Waals surface area (Å²) >= 11 is 0. The molecule has 2 nitrogen and oxygen atoms in total. The third-order valence-corrected chi connectivity index (χ3v) is 2.20. The van der Waals surface area contributed by atoms with Crippen molar-refractivity contribution >= 4 is 0 Å². The molecular formula is C9H26N2. The number of hydrogen-bond donors (Lipinski definition) is 2. The standard InChI is InChI=1S/C9H20.2H3N/c1-6-7-8(2)9(3,4)5;;/h8H,6-7H2,1-5H3;2*1H3. The minimum atomic E-state index is 0. The molecule has 0 saturated carbocycles. The van der Waals surface area contributed by atoms with Gasteiger partial charge >= 0.3 is 0 Å². The van der Waals surface area contributed by atoms with Gasteiger partial charge in [-0.1, -0.05) is 47.5 Å². The van der Waals surface area contributed by atoms with Crippen LogP contribution in [0, 0.1) is 11.3 Å². The van der Waals surface area contributed by atoms with E-state index in [1.165, 1.54) is 12.8 Å². The summed E-state index contributed by atoms with van der Waals surface area (Å²) in [5, 5.41) is 0. The monoisotopic (exact) mass is 162 g/mol. The van der Waals surface area contributed by atoms with E-state index in [0.29, 0.717) is 5.41 Å². The maximum Gasteiger partial charge on any atom is -0.0357 e. The van der Waals surface area contributed by atoms with Gasteiger partial charge in [-0.25, -0.2) is 0 Å². The molecule has 0 bridgehead atoms. The molecule has 0 amide bonds. The fourth-order valence-electron chi connectivity index (χ4n) is 0.866. The van der Waals surface area contributed by atoms with E-state index in [2.05, 4.69) is 34.6 Å². The third kappa shape index (κ3) is 7.82. The Morgan fingerprint density at radius 2 is 1.45 bits per heavy atom. The van der Waals surface area contributed by atoms with Crippen LogP contribution in [0.15, 0.2) is 0 Å². The van der Waals surface area contributed by atoms with Crippen molar-refractivity contribution in [2.24, 2.45) is 11.3 Å². The Bertz CT molecular complexity index is 74.1. The zero-order chi connectivity index (χ0) is 7.49. The molecule has 0 heterocycles. The average molecular weight is 162 g/mol. The summed E-state index contributed by atoms with van der Waals surface area (Å²) in [5.74, 6) is 0.863. The Kier molecular flexibility index (Phi) is 10.3. The number of hydrogen-bond acceptors (Lipinski definition) is 2. The molecule has 11 heavy (non-hydrogen) atoms. The fourth-order valence-corrected chi connectivity index (χ4v) is 0.866. The SMILES string of the molecule is CCCC(C)C(C)(C)C.N.N. The topological polar surface area (TPSA) is 70.0 Å². The zero-order valence-corrected chi connectivity index (χ0v) is 8.91. The summed E-state index contributed by atoms with van der Waals surface area (Å²) in [5.41, 5.74) is 0.510. The van der Waals surface area contributed by atoms with Crippen LogP contribution >= 0.6 is 0 Å². The van der Waals surface area contributed by atoms with Gasteiger partial charge in [0.1, 0.15) is 0 Å². The van der Waals surface area contributed by atoms with E-state index in [4.69, 9.17) is 0 Å². The Balaban J connectivity index is -0.000000320. The molecule has 0 aliphatic rings. The fraction of sp³-hybridized carbons (Fsp3) is 1.00. The first-order chi connectivity index (χ1) is 3.98. The predicted octanol–water partition coefficient (Wildman–Crippen LogP) is 3.79. The highest BCUT2D eigenvalue weighted by Crippen LogP contribution is 2.28. The molecule has 2 heteroatoms. The van der Waals surface area contributed by atoms with Gasteiger partial charge in [0.25, 0.3) is 0 Å². The molecular weight excluding hydrogens is 136 g/mol. The van der Waals surface area contributed by atoms with Crippen molar-refractivity contribution < 1.29 is 0 Å². The van der Waals surface area contributed by atoms with Crippen LogP contribution < -0.4 is 12.3 Å². The van der Waals surface area contributed by atoms with E-state index in [1.807, 2.05) is 0 Å². The second-order valence-electron chi connectivity index (χ2n) is 4.06. The summed E-state index contributed by atoms with van der Waals surface area (Å²) in [7, 11) is 0. The van der Waals surface area contributed by atoms with Crippen molar-refractivity contribution in [2.45, 2.75) is 47.5 Å². The Morgan fingerprint density at radius 1 is 1.09 bits per heavy atom. The highest BCUT2D eigenvalue weighted by atomic mass is 14.2. The normalized spacial score (nSPS) is 12.8. The molecule has 1 unspecified atom stereocenters. The first-order valence-electron chi connectivity index (χ1n) is 3.98. The van der Waals surface area contributed by atoms with Gasteiger partial charge in [-0.2, -0.15) is 0 Å². The number of rotatable bonds is 2. The molecule has 72 valence electrons. The Morgan fingerprint density at radius 3 is 1.55 bits per heavy atom. The van der Waals surface area contributed by atoms with Gasteiger partial charge in [0.05, 0.1) is 0 Å². The predicted molar refractivity (Wildman–Crippen MR) is 53.6 cm³/mol. The van der Waals surface area contributed by atoms with Crippen molar-refractivity contribution in [1.29, 1.82) is 0 Å². The molecule has 0 aromatic rings. The molecule has 0 saturated heterocycles. The largest absolute Gasteiger partial charge is 0.344 e. The third-order valence-electron chi connectivity index (χ3n) is 2.20. The van der Waals surface area contributed by atoms with Crippen LogP contribution in [0.25, 0.3) is 0 Å². The van der Waals surface area contributed by atoms with Gasteiger partial charge < -0.3 is 12.3 Å². The highest BCUT2D eigenvalue weighted by molar-refractivity contribution is 4.68. The lowest BCUT2D eigenvalue weighted by Gasteiger charge is -2.26. The molecule has 0 fully saturated rings. The van der Waals surface area contributed by atoms with Gasteiger partial charge in [0.2, 0.25) is 0 Å². The van der Waals surface area contributed by atoms with Crippen LogP contribution in [0.5, 0.6) is 0 Å². The Labute approximate surface area is 71.9 Å². The molecule has 1 atom stereocenters. The van der Waals surface area contributed by atoms with Crippen LogP contribution in [0.1, 0.15) is 47.5 Å². The first kappa shape index (κ1) is 17.1. The van der Waals surface area contributed by atoms with Crippen LogP contribution in [0.3, 0.4) is 0 Å². The van der Waals surface area contributed by atoms with Gasteiger partial charge in [-0.15, -0.1) is 0 Å². The van der Waals surface area contributed by atoms with Crippen molar-refractivity contribution in [2.75, 3.05) is 0 Å². The lowest BCUT2D eigenvalue weighted by atomic mass is 9.80. The van der Waals surface area contributed by atoms with Gasteiger partial charge in [-0.05, 0) is 11.3 Å². The summed E-state index contributed by atoms with van der Waals surface area (Å²) in [6, 6.07) is 0. The van der Waals surface area contributed by atoms with Crippen LogP contribution in [0.2, 0.25) is 0 Å². The van der Waals surface area contributed by atoms with E-state index in [0.717, 1.165) is 5.92 Å². The van der Waals surface area contributed by atoms with E-state index in [1.54, 1.807) is 0 Å². The Hall–Kier alpha value is -0.0800. The van der Waals surface area contributed by atoms with E-state index < -0.39 is 0 Å². The lowest BCUT2D eigenvalue weighted by Crippen LogP contribution is -2.16. The maximum absolute atomic E-state index is 2.34. The molecule has 0 spiro atoms. The average Bonchev–Trinajstić information content (AvgIpc) is 1.64. The smallest absolute Gasteiger partial charge is 0.0357 e. The van der Waals surface area contributed by atoms with Crippen LogP contribution in [0.4, 0.5) is 0 Å². The zero-order valence-electron chi connectivity index (χ0n) is 8.91. The summed E-state index contributed by atoms with van der Waals surface area (Å²) in [6.45, 7) is 11.5. The summed E-state index contributed by atoms with van der Waals surface area (Å²) < 4.78 is 0. The molecule has 0 radical (unpaired) electrons. The molecule has 6 N–H and O–H groups in total. The summed E-state index contributed by atoms with van der Waals surface area (Å²) in [6.07, 6.45) is 2.68. The molecule has 0 aromatic carbocycles. The van der Waals surface area contributed by atoms with Crippen LogP contribution in [-0.2, 0) is 0 Å². The van der Waals surface area contributed by atoms with Crippen LogP contribution in [-0.4, -0.2) is 0 Å². The van der Waals surface area contributed by atoms with Crippen molar-refractivity contribution in [3.63, 3.8) is 0 Å².